The fourth-order valence-corrected chi connectivity index (χ4v) is 1.75. The number of carboxylic acid groups (broad SMARTS) is 1. The van der Waals surface area contributed by atoms with E-state index >= 15 is 0 Å². The van der Waals surface area contributed by atoms with Gasteiger partial charge in [-0.3, -0.25) is 0 Å². The number of likely N-dealkylation sites (N-methyl/N-ethyl adjacent to an activating group) is 1. The lowest BCUT2D eigenvalue weighted by atomic mass is 10.2. The molecule has 0 aliphatic rings. The number of ether oxygens (including phenoxy) is 1. The number of aliphatic carboxylic acids is 1. The van der Waals surface area contributed by atoms with E-state index in [-0.39, 0.29) is 6.10 Å². The Hall–Kier alpha value is -0.650. The summed E-state index contributed by atoms with van der Waals surface area (Å²) >= 11 is 0. The van der Waals surface area contributed by atoms with E-state index in [0.29, 0.717) is 6.61 Å². The van der Waals surface area contributed by atoms with Gasteiger partial charge in [-0.05, 0) is 27.7 Å². The quantitative estimate of drug-likeness (QED) is 0.625. The standard InChI is InChI=1S/C10H24NO2.C2H4O2/c1-5-11(6-2,7-3)8-10(12)9-13-4;1-2(3)4/h10,12H,5-9H2,1-4H3;1H3,(H,3,4)/q+1;/p-1. The van der Waals surface area contributed by atoms with Crippen molar-refractivity contribution >= 4 is 5.97 Å². The van der Waals surface area contributed by atoms with Gasteiger partial charge < -0.3 is 24.2 Å². The molecule has 0 aromatic carbocycles. The lowest BCUT2D eigenvalue weighted by Gasteiger charge is -2.37. The number of aliphatic hydroxyl groups excluding tert-OH is 1. The average Bonchev–Trinajstić information content (AvgIpc) is 2.26. The van der Waals surface area contributed by atoms with E-state index in [2.05, 4.69) is 20.8 Å². The lowest BCUT2D eigenvalue weighted by molar-refractivity contribution is -0.926. The van der Waals surface area contributed by atoms with Gasteiger partial charge in [0.2, 0.25) is 0 Å². The summed E-state index contributed by atoms with van der Waals surface area (Å²) in [7, 11) is 1.63. The lowest BCUT2D eigenvalue weighted by Crippen LogP contribution is -2.52. The maximum Gasteiger partial charge on any atom is 0.126 e. The molecule has 0 radical (unpaired) electrons. The number of nitrogens with zero attached hydrogens (tertiary/aromatic N) is 1. The van der Waals surface area contributed by atoms with Crippen LogP contribution in [-0.4, -0.2) is 61.6 Å². The van der Waals surface area contributed by atoms with E-state index in [9.17, 15) is 5.11 Å². The Bertz CT molecular complexity index is 181. The highest BCUT2D eigenvalue weighted by molar-refractivity contribution is 5.60. The normalized spacial score (nSPS) is 12.6. The van der Waals surface area contributed by atoms with Gasteiger partial charge >= 0.3 is 0 Å². The topological polar surface area (TPSA) is 69.6 Å². The van der Waals surface area contributed by atoms with Gasteiger partial charge in [-0.2, -0.15) is 0 Å². The van der Waals surface area contributed by atoms with Crippen LogP contribution in [0, 0.1) is 0 Å². The molecule has 0 aliphatic heterocycles. The van der Waals surface area contributed by atoms with Crippen molar-refractivity contribution in [3.8, 4) is 0 Å². The molecule has 0 aromatic rings. The zero-order chi connectivity index (χ0) is 13.9. The summed E-state index contributed by atoms with van der Waals surface area (Å²) in [5.74, 6) is -1.08. The van der Waals surface area contributed by atoms with E-state index in [1.807, 2.05) is 0 Å². The molecule has 0 amide bonds. The first-order valence-electron chi connectivity index (χ1n) is 6.07. The fourth-order valence-electron chi connectivity index (χ4n) is 1.75. The van der Waals surface area contributed by atoms with Crippen molar-refractivity contribution in [2.45, 2.75) is 33.8 Å². The number of hydrogen-bond donors (Lipinski definition) is 1. The Morgan fingerprint density at radius 3 is 1.88 bits per heavy atom. The van der Waals surface area contributed by atoms with E-state index in [1.165, 1.54) is 0 Å². The van der Waals surface area contributed by atoms with E-state index in [0.717, 1.165) is 37.6 Å². The largest absolute Gasteiger partial charge is 0.550 e. The van der Waals surface area contributed by atoms with Crippen LogP contribution in [-0.2, 0) is 9.53 Å². The second-order valence-electron chi connectivity index (χ2n) is 4.07. The minimum absolute atomic E-state index is 0.329. The minimum Gasteiger partial charge on any atom is -0.550 e. The molecular weight excluding hydrogens is 222 g/mol. The SMILES string of the molecule is CC(=O)[O-].CC[N+](CC)(CC)CC(O)COC. The van der Waals surface area contributed by atoms with Crippen LogP contribution in [0.4, 0.5) is 0 Å². The molecule has 1 unspecified atom stereocenters. The monoisotopic (exact) mass is 249 g/mol. The van der Waals surface area contributed by atoms with Gasteiger partial charge in [0.15, 0.2) is 0 Å². The third-order valence-corrected chi connectivity index (χ3v) is 2.97. The summed E-state index contributed by atoms with van der Waals surface area (Å²) < 4.78 is 5.90. The van der Waals surface area contributed by atoms with Gasteiger partial charge in [-0.15, -0.1) is 0 Å². The van der Waals surface area contributed by atoms with Crippen molar-refractivity contribution < 1.29 is 24.2 Å². The highest BCUT2D eigenvalue weighted by atomic mass is 16.5. The third kappa shape index (κ3) is 10.2. The fraction of sp³-hybridized carbons (Fsp3) is 0.917. The van der Waals surface area contributed by atoms with E-state index < -0.39 is 5.97 Å². The number of aliphatic hydroxyl groups is 1. The summed E-state index contributed by atoms with van der Waals surface area (Å²) in [5, 5.41) is 18.5. The predicted octanol–water partition coefficient (Wildman–Crippen LogP) is -0.374. The molecule has 1 N–H and O–H groups in total. The van der Waals surface area contributed by atoms with Crippen LogP contribution >= 0.6 is 0 Å². The molecule has 5 heteroatoms. The average molecular weight is 249 g/mol. The van der Waals surface area contributed by atoms with Gasteiger partial charge in [0.05, 0.1) is 26.2 Å². The summed E-state index contributed by atoms with van der Waals surface area (Å²) in [5.41, 5.74) is 0. The molecule has 0 fully saturated rings. The van der Waals surface area contributed by atoms with Crippen molar-refractivity contribution in [2.24, 2.45) is 0 Å². The molecule has 0 rings (SSSR count). The molecule has 0 aromatic heterocycles. The third-order valence-electron chi connectivity index (χ3n) is 2.97. The van der Waals surface area contributed by atoms with Crippen molar-refractivity contribution in [3.63, 3.8) is 0 Å². The van der Waals surface area contributed by atoms with Gasteiger partial charge in [0, 0.05) is 13.1 Å². The van der Waals surface area contributed by atoms with E-state index in [4.69, 9.17) is 14.6 Å². The van der Waals surface area contributed by atoms with Crippen LogP contribution in [0.2, 0.25) is 0 Å². The van der Waals surface area contributed by atoms with Gasteiger partial charge in [-0.1, -0.05) is 0 Å². The van der Waals surface area contributed by atoms with E-state index in [1.54, 1.807) is 7.11 Å². The number of carboxylic acids is 1. The zero-order valence-electron chi connectivity index (χ0n) is 11.7. The van der Waals surface area contributed by atoms with Gasteiger partial charge in [-0.25, -0.2) is 0 Å². The maximum absolute atomic E-state index is 9.64. The molecule has 1 atom stereocenters. The van der Waals surface area contributed by atoms with Gasteiger partial charge in [0.25, 0.3) is 0 Å². The Kier molecular flexibility index (Phi) is 11.6. The molecule has 5 nitrogen and oxygen atoms in total. The molecule has 0 spiro atoms. The van der Waals surface area contributed by atoms with Crippen LogP contribution in [0.5, 0.6) is 0 Å². The molecule has 0 bridgehead atoms. The number of quaternary nitrogens is 1. The Morgan fingerprint density at radius 2 is 1.65 bits per heavy atom. The molecule has 0 saturated carbocycles. The highest BCUT2D eigenvalue weighted by Crippen LogP contribution is 2.07. The summed E-state index contributed by atoms with van der Waals surface area (Å²) in [6.45, 7) is 12.0. The summed E-state index contributed by atoms with van der Waals surface area (Å²) in [6.07, 6.45) is -0.329. The Morgan fingerprint density at radius 1 is 1.29 bits per heavy atom. The molecule has 17 heavy (non-hydrogen) atoms. The number of rotatable bonds is 7. The maximum atomic E-state index is 9.64. The van der Waals surface area contributed by atoms with Crippen LogP contribution in [0.3, 0.4) is 0 Å². The van der Waals surface area contributed by atoms with Crippen molar-refractivity contribution in [1.29, 1.82) is 0 Å². The first kappa shape index (κ1) is 18.7. The first-order valence-corrected chi connectivity index (χ1v) is 6.07. The smallest absolute Gasteiger partial charge is 0.126 e. The molecule has 104 valence electrons. The number of carbonyl (C=O) groups excluding carboxylic acids is 1. The van der Waals surface area contributed by atoms with Crippen LogP contribution in [0.15, 0.2) is 0 Å². The second-order valence-corrected chi connectivity index (χ2v) is 4.07. The van der Waals surface area contributed by atoms with Crippen LogP contribution in [0.25, 0.3) is 0 Å². The van der Waals surface area contributed by atoms with Crippen molar-refractivity contribution in [1.82, 2.24) is 0 Å². The highest BCUT2D eigenvalue weighted by Gasteiger charge is 2.24. The summed E-state index contributed by atoms with van der Waals surface area (Å²) in [6, 6.07) is 0. The molecular formula is C12H27NO4. The Labute approximate surface area is 105 Å². The molecule has 0 heterocycles. The molecule has 0 aliphatic carbocycles. The number of hydrogen-bond acceptors (Lipinski definition) is 4. The summed E-state index contributed by atoms with van der Waals surface area (Å²) in [4.78, 5) is 8.89. The predicted molar refractivity (Wildman–Crippen MR) is 65.3 cm³/mol. The number of methoxy groups -OCH3 is 1. The first-order chi connectivity index (χ1) is 7.87. The van der Waals surface area contributed by atoms with Crippen LogP contribution < -0.4 is 5.11 Å². The number of carbonyl (C=O) groups is 1. The second kappa shape index (κ2) is 10.5. The van der Waals surface area contributed by atoms with Crippen LogP contribution in [0.1, 0.15) is 27.7 Å². The molecule has 0 saturated heterocycles. The van der Waals surface area contributed by atoms with Gasteiger partial charge in [0.1, 0.15) is 12.6 Å². The van der Waals surface area contributed by atoms with Crippen molar-refractivity contribution in [2.75, 3.05) is 39.9 Å². The Balaban J connectivity index is 0. The van der Waals surface area contributed by atoms with Crippen molar-refractivity contribution in [3.05, 3.63) is 0 Å². The zero-order valence-corrected chi connectivity index (χ0v) is 11.7. The minimum atomic E-state index is -1.08.